The molecule has 154 valence electrons. The lowest BCUT2D eigenvalue weighted by atomic mass is 9.99. The molecule has 0 saturated carbocycles. The Kier molecular flexibility index (Phi) is 5.11. The van der Waals surface area contributed by atoms with Crippen LogP contribution in [0.25, 0.3) is 15.6 Å². The molecule has 0 bridgehead atoms. The number of benzene rings is 3. The number of hydrogen-bond acceptors (Lipinski definition) is 2. The number of rotatable bonds is 6. The lowest BCUT2D eigenvalue weighted by molar-refractivity contribution is 0.104. The Labute approximate surface area is 186 Å². The molecule has 0 fully saturated rings. The van der Waals surface area contributed by atoms with E-state index in [1.54, 1.807) is 0 Å². The Morgan fingerprint density at radius 2 is 1.75 bits per heavy atom. The lowest BCUT2D eigenvalue weighted by Gasteiger charge is -2.09. The fourth-order valence-electron chi connectivity index (χ4n) is 3.93. The molecule has 0 saturated heterocycles. The van der Waals surface area contributed by atoms with Crippen molar-refractivity contribution in [3.63, 3.8) is 0 Å². The van der Waals surface area contributed by atoms with Gasteiger partial charge in [0, 0.05) is 36.3 Å². The number of carbonyl (C=O) groups excluding carboxylic acids is 1. The van der Waals surface area contributed by atoms with E-state index in [9.17, 15) is 4.79 Å². The van der Waals surface area contributed by atoms with Crippen molar-refractivity contribution in [1.82, 2.24) is 14.1 Å². The molecule has 5 nitrogen and oxygen atoms in total. The van der Waals surface area contributed by atoms with Gasteiger partial charge in [0.1, 0.15) is 0 Å². The number of nitrogens with zero attached hydrogens (tertiary/aromatic N) is 4. The van der Waals surface area contributed by atoms with Crippen LogP contribution in [0.3, 0.4) is 0 Å². The molecule has 0 radical (unpaired) electrons. The summed E-state index contributed by atoms with van der Waals surface area (Å²) in [5.41, 5.74) is 4.17. The van der Waals surface area contributed by atoms with Gasteiger partial charge in [-0.05, 0) is 22.4 Å². The second-order valence-corrected chi connectivity index (χ2v) is 7.72. The summed E-state index contributed by atoms with van der Waals surface area (Å²) in [6, 6.07) is 23.2. The Bertz CT molecular complexity index is 1450. The zero-order valence-electron chi connectivity index (χ0n) is 17.3. The summed E-state index contributed by atoms with van der Waals surface area (Å²) in [5, 5.41) is 2.03. The third kappa shape index (κ3) is 3.82. The number of hydrogen-bond donors (Lipinski definition) is 0. The van der Waals surface area contributed by atoms with Crippen molar-refractivity contribution in [3.05, 3.63) is 132 Å². The first-order valence-electron chi connectivity index (χ1n) is 10.3. The molecule has 0 amide bonds. The predicted molar refractivity (Wildman–Crippen MR) is 125 cm³/mol. The van der Waals surface area contributed by atoms with Gasteiger partial charge in [-0.15, -0.1) is 0 Å². The first-order chi connectivity index (χ1) is 15.7. The molecule has 0 spiro atoms. The molecule has 5 aromatic rings. The summed E-state index contributed by atoms with van der Waals surface area (Å²) < 4.78 is 4.09. The highest BCUT2D eigenvalue weighted by Crippen LogP contribution is 2.22. The van der Waals surface area contributed by atoms with Crippen LogP contribution in [-0.4, -0.2) is 19.9 Å². The molecular weight excluding hydrogens is 396 g/mol. The topological polar surface area (TPSA) is 44.2 Å². The molecule has 5 rings (SSSR count). The van der Waals surface area contributed by atoms with Crippen LogP contribution < -0.4 is 0 Å². The monoisotopic (exact) mass is 416 g/mol. The van der Waals surface area contributed by atoms with Gasteiger partial charge < -0.3 is 9.13 Å². The van der Waals surface area contributed by atoms with E-state index in [1.807, 2.05) is 102 Å². The van der Waals surface area contributed by atoms with Crippen LogP contribution in [0.1, 0.15) is 27.2 Å². The number of fused-ring (bicyclic) bond motifs is 1. The maximum Gasteiger partial charge on any atom is 0.195 e. The van der Waals surface area contributed by atoms with E-state index in [2.05, 4.69) is 14.4 Å². The fraction of sp³-hybridized carbons (Fsp3) is 0.0741. The van der Waals surface area contributed by atoms with Crippen LogP contribution in [-0.2, 0) is 13.1 Å². The molecule has 5 heteroatoms. The van der Waals surface area contributed by atoms with Crippen molar-refractivity contribution in [1.29, 1.82) is 0 Å². The fourth-order valence-corrected chi connectivity index (χ4v) is 3.93. The molecule has 32 heavy (non-hydrogen) atoms. The van der Waals surface area contributed by atoms with Crippen LogP contribution in [0.2, 0.25) is 0 Å². The van der Waals surface area contributed by atoms with E-state index < -0.39 is 0 Å². The molecule has 0 unspecified atom stereocenters. The number of aromatic nitrogens is 3. The molecule has 0 N–H and O–H groups in total. The first-order valence-corrected chi connectivity index (χ1v) is 10.3. The normalized spacial score (nSPS) is 10.8. The zero-order chi connectivity index (χ0) is 21.9. The van der Waals surface area contributed by atoms with Crippen LogP contribution in [0.5, 0.6) is 0 Å². The standard InChI is InChI=1S/C27H20N4O/c1-28-23-11-9-20(10-12-23)16-31-19-29-15-24(31)18-30-14-13-22(17-30)27(32)26-8-4-6-21-5-2-3-7-25(21)26/h2-15,17,19H,16,18H2. The highest BCUT2D eigenvalue weighted by atomic mass is 16.1. The van der Waals surface area contributed by atoms with E-state index in [4.69, 9.17) is 6.57 Å². The van der Waals surface area contributed by atoms with Crippen molar-refractivity contribution in [3.8, 4) is 0 Å². The van der Waals surface area contributed by atoms with E-state index in [0.717, 1.165) is 22.0 Å². The van der Waals surface area contributed by atoms with Gasteiger partial charge >= 0.3 is 0 Å². The average molecular weight is 416 g/mol. The van der Waals surface area contributed by atoms with Crippen molar-refractivity contribution >= 4 is 22.2 Å². The highest BCUT2D eigenvalue weighted by molar-refractivity contribution is 6.16. The minimum atomic E-state index is 0.0222. The van der Waals surface area contributed by atoms with E-state index >= 15 is 0 Å². The second-order valence-electron chi connectivity index (χ2n) is 7.72. The third-order valence-electron chi connectivity index (χ3n) is 5.61. The molecule has 2 heterocycles. The molecular formula is C27H20N4O. The molecule has 2 aromatic heterocycles. The van der Waals surface area contributed by atoms with Gasteiger partial charge in [-0.2, -0.15) is 0 Å². The summed E-state index contributed by atoms with van der Waals surface area (Å²) in [5.74, 6) is 0.0222. The maximum atomic E-state index is 13.2. The molecule has 0 aliphatic rings. The highest BCUT2D eigenvalue weighted by Gasteiger charge is 2.14. The quantitative estimate of drug-likeness (QED) is 0.263. The Morgan fingerprint density at radius 3 is 2.59 bits per heavy atom. The Balaban J connectivity index is 1.35. The van der Waals surface area contributed by atoms with Gasteiger partial charge in [-0.1, -0.05) is 66.7 Å². The van der Waals surface area contributed by atoms with E-state index in [-0.39, 0.29) is 5.78 Å². The maximum absolute atomic E-state index is 13.2. The van der Waals surface area contributed by atoms with Crippen molar-refractivity contribution in [2.24, 2.45) is 0 Å². The van der Waals surface area contributed by atoms with Gasteiger partial charge in [0.15, 0.2) is 11.5 Å². The van der Waals surface area contributed by atoms with Gasteiger partial charge in [-0.25, -0.2) is 9.83 Å². The zero-order valence-corrected chi connectivity index (χ0v) is 17.3. The van der Waals surface area contributed by atoms with E-state index in [1.165, 1.54) is 0 Å². The summed E-state index contributed by atoms with van der Waals surface area (Å²) >= 11 is 0. The molecule has 0 atom stereocenters. The molecule has 0 aliphatic carbocycles. The van der Waals surface area contributed by atoms with Crippen molar-refractivity contribution in [2.75, 3.05) is 0 Å². The second kappa shape index (κ2) is 8.37. The van der Waals surface area contributed by atoms with Crippen molar-refractivity contribution in [2.45, 2.75) is 13.1 Å². The number of ketones is 1. The third-order valence-corrected chi connectivity index (χ3v) is 5.61. The smallest absolute Gasteiger partial charge is 0.195 e. The first kappa shape index (κ1) is 19.5. The van der Waals surface area contributed by atoms with Gasteiger partial charge in [-0.3, -0.25) is 4.79 Å². The van der Waals surface area contributed by atoms with Crippen LogP contribution in [0, 0.1) is 6.57 Å². The van der Waals surface area contributed by atoms with Crippen LogP contribution >= 0.6 is 0 Å². The van der Waals surface area contributed by atoms with Gasteiger partial charge in [0.2, 0.25) is 0 Å². The molecule has 0 aliphatic heterocycles. The summed E-state index contributed by atoms with van der Waals surface area (Å²) in [7, 11) is 0. The van der Waals surface area contributed by atoms with Gasteiger partial charge in [0.05, 0.1) is 25.1 Å². The summed E-state index contributed by atoms with van der Waals surface area (Å²) in [6.45, 7) is 8.37. The van der Waals surface area contributed by atoms with Crippen molar-refractivity contribution < 1.29 is 4.79 Å². The Hall–Kier alpha value is -4.43. The minimum absolute atomic E-state index is 0.0222. The van der Waals surface area contributed by atoms with Gasteiger partial charge in [0.25, 0.3) is 0 Å². The summed E-state index contributed by atoms with van der Waals surface area (Å²) in [4.78, 5) is 20.9. The average Bonchev–Trinajstić information content (AvgIpc) is 3.49. The SMILES string of the molecule is [C-]#[N+]c1ccc(Cn2cncc2Cn2ccc(C(=O)c3cccc4ccccc34)c2)cc1. The minimum Gasteiger partial charge on any atom is -0.348 e. The largest absolute Gasteiger partial charge is 0.348 e. The van der Waals surface area contributed by atoms with Crippen LogP contribution in [0.15, 0.2) is 97.7 Å². The summed E-state index contributed by atoms with van der Waals surface area (Å²) in [6.07, 6.45) is 7.48. The predicted octanol–water partition coefficient (Wildman–Crippen LogP) is 5.72. The van der Waals surface area contributed by atoms with Crippen LogP contribution in [0.4, 0.5) is 5.69 Å². The number of carbonyl (C=O) groups is 1. The lowest BCUT2D eigenvalue weighted by Crippen LogP contribution is -2.07. The van der Waals surface area contributed by atoms with E-state index in [0.29, 0.717) is 29.9 Å². The number of imidazole rings is 1. The Morgan fingerprint density at radius 1 is 0.938 bits per heavy atom. The molecule has 3 aromatic carbocycles.